The molecule has 5 unspecified atom stereocenters. The van der Waals surface area contributed by atoms with E-state index in [1.54, 1.807) is 13.8 Å². The largest absolute Gasteiger partial charge is 0.464 e. The van der Waals surface area contributed by atoms with Gasteiger partial charge in [-0.15, -0.1) is 0 Å². The number of hydrogen-bond acceptors (Lipinski definition) is 12. The Bertz CT molecular complexity index is 1920. The molecule has 2 amide bonds. The number of hydrogen-bond donors (Lipinski definition) is 5. The van der Waals surface area contributed by atoms with Crippen LogP contribution in [0.2, 0.25) is 0 Å². The minimum Gasteiger partial charge on any atom is -0.464 e. The first kappa shape index (κ1) is 54.4. The first-order valence-electron chi connectivity index (χ1n) is 26.2. The van der Waals surface area contributed by atoms with Gasteiger partial charge in [-0.05, 0) is 127 Å². The van der Waals surface area contributed by atoms with Crippen molar-refractivity contribution in [2.45, 2.75) is 222 Å². The molecule has 0 aromatic carbocycles. The highest BCUT2D eigenvalue weighted by Gasteiger charge is 2.71. The van der Waals surface area contributed by atoms with Crippen LogP contribution in [0.3, 0.4) is 0 Å². The van der Waals surface area contributed by atoms with E-state index in [0.29, 0.717) is 38.7 Å². The second-order valence-electron chi connectivity index (χ2n) is 24.6. The normalized spacial score (nSPS) is 40.6. The van der Waals surface area contributed by atoms with Crippen molar-refractivity contribution in [1.29, 1.82) is 0 Å². The van der Waals surface area contributed by atoms with Gasteiger partial charge in [-0.2, -0.15) is 0 Å². The molecule has 0 aromatic heterocycles. The van der Waals surface area contributed by atoms with Gasteiger partial charge in [0.25, 0.3) is 5.91 Å². The highest BCUT2D eigenvalue weighted by Crippen LogP contribution is 2.75. The molecule has 6 rings (SSSR count). The second-order valence-corrected chi connectivity index (χ2v) is 24.6. The highest BCUT2D eigenvalue weighted by molar-refractivity contribution is 5.96. The Morgan fingerprint density at radius 3 is 1.90 bits per heavy atom. The second kappa shape index (κ2) is 20.3. The number of ether oxygens (including phenoxy) is 4. The monoisotopic (exact) mass is 957 g/mol. The number of esters is 2. The zero-order valence-corrected chi connectivity index (χ0v) is 43.7. The summed E-state index contributed by atoms with van der Waals surface area (Å²) >= 11 is 0. The minimum absolute atomic E-state index is 0.0187. The topological polar surface area (TPSA) is 207 Å². The van der Waals surface area contributed by atoms with Crippen LogP contribution in [0.1, 0.15) is 173 Å². The van der Waals surface area contributed by atoms with Crippen molar-refractivity contribution in [2.75, 3.05) is 13.2 Å². The Morgan fingerprint density at radius 1 is 0.750 bits per heavy atom. The lowest BCUT2D eigenvalue weighted by Crippen LogP contribution is -2.67. The van der Waals surface area contributed by atoms with Gasteiger partial charge in [0, 0.05) is 11.3 Å². The Labute approximate surface area is 406 Å². The predicted octanol–water partition coefficient (Wildman–Crippen LogP) is 7.13. The van der Waals surface area contributed by atoms with E-state index < -0.39 is 83.0 Å². The quantitative estimate of drug-likeness (QED) is 0.0596. The summed E-state index contributed by atoms with van der Waals surface area (Å²) in [5.41, 5.74) is -1.26. The van der Waals surface area contributed by atoms with Crippen molar-refractivity contribution in [2.24, 2.45) is 62.1 Å². The molecule has 6 aliphatic rings. The molecule has 386 valence electrons. The summed E-state index contributed by atoms with van der Waals surface area (Å²) in [5, 5.41) is 39.1. The Morgan fingerprint density at radius 2 is 1.32 bits per heavy atom. The maximum absolute atomic E-state index is 15.2. The van der Waals surface area contributed by atoms with Crippen LogP contribution >= 0.6 is 0 Å². The third-order valence-corrected chi connectivity index (χ3v) is 19.1. The fourth-order valence-electron chi connectivity index (χ4n) is 14.3. The summed E-state index contributed by atoms with van der Waals surface area (Å²) in [6, 6.07) is -1.76. The summed E-state index contributed by atoms with van der Waals surface area (Å²) < 4.78 is 23.6. The number of allylic oxidation sites excluding steroid dienone is 2. The molecule has 1 aliphatic heterocycles. The van der Waals surface area contributed by atoms with Crippen LogP contribution in [0.5, 0.6) is 0 Å². The van der Waals surface area contributed by atoms with Crippen molar-refractivity contribution in [3.05, 3.63) is 11.6 Å². The number of aliphatic hydroxyl groups excluding tert-OH is 3. The van der Waals surface area contributed by atoms with Gasteiger partial charge in [-0.3, -0.25) is 14.4 Å². The van der Waals surface area contributed by atoms with Gasteiger partial charge in [0.2, 0.25) is 5.91 Å². The number of fused-ring (bicyclic) bond motifs is 7. The molecule has 1 saturated heterocycles. The zero-order valence-electron chi connectivity index (χ0n) is 43.7. The molecule has 16 atom stereocenters. The summed E-state index contributed by atoms with van der Waals surface area (Å²) in [6.45, 7) is 27.6. The van der Waals surface area contributed by atoms with Crippen molar-refractivity contribution >= 4 is 29.5 Å². The lowest BCUT2D eigenvalue weighted by molar-refractivity contribution is -0.321. The standard InChI is InChI=1S/C54H88N2O12/c1-14-16-26-65-45(62)37(30(3)4)55-44(61)42-40(59)39(58)41(60)47(68-42)67-36-19-20-52(11)35(49(36,7)8)18-21-54(13)43(52)34(57)28-32-33-29-51(10,23-22-50(33,9)24-25-53(32,54)12)48(64)56-38(31(5)6)46(63)66-27-17-15-2/h28,30-31,33,35-43,47,58-60H,14-27,29H2,1-13H3,(H,55,61)(H,56,64)/t33?,35?,36?,37-,38+,39+,40+,41-,42+,43?,47?,50-,51+,52+,53-,54-/m1/s1. The fourth-order valence-corrected chi connectivity index (χ4v) is 14.3. The maximum atomic E-state index is 15.2. The number of carbonyl (C=O) groups excluding carboxylic acids is 5. The summed E-state index contributed by atoms with van der Waals surface area (Å²) in [7, 11) is 0. The van der Waals surface area contributed by atoms with Crippen molar-refractivity contribution in [1.82, 2.24) is 10.6 Å². The Balaban J connectivity index is 1.21. The number of aliphatic hydroxyl groups is 3. The lowest BCUT2D eigenvalue weighted by atomic mass is 9.33. The van der Waals surface area contributed by atoms with Crippen molar-refractivity contribution < 1.29 is 58.2 Å². The van der Waals surface area contributed by atoms with E-state index in [0.717, 1.165) is 51.4 Å². The van der Waals surface area contributed by atoms with Crippen LogP contribution < -0.4 is 10.6 Å². The molecule has 14 heteroatoms. The molecule has 0 aromatic rings. The first-order chi connectivity index (χ1) is 31.7. The van der Waals surface area contributed by atoms with Crippen molar-refractivity contribution in [3.8, 4) is 0 Å². The van der Waals surface area contributed by atoms with Crippen LogP contribution in [0, 0.1) is 62.1 Å². The molecule has 5 aliphatic carbocycles. The zero-order chi connectivity index (χ0) is 50.5. The Hall–Kier alpha value is -2.91. The number of amides is 2. The van der Waals surface area contributed by atoms with Gasteiger partial charge in [-0.1, -0.05) is 108 Å². The number of nitrogens with one attached hydrogen (secondary N) is 2. The smallest absolute Gasteiger partial charge is 0.328 e. The summed E-state index contributed by atoms with van der Waals surface area (Å²) in [6.07, 6.45) is 3.23. The molecule has 68 heavy (non-hydrogen) atoms. The molecular formula is C54H88N2O12. The lowest BCUT2D eigenvalue weighted by Gasteiger charge is -2.70. The van der Waals surface area contributed by atoms with Gasteiger partial charge in [0.15, 0.2) is 18.2 Å². The minimum atomic E-state index is -1.79. The van der Waals surface area contributed by atoms with Gasteiger partial charge in [-0.25, -0.2) is 9.59 Å². The van der Waals surface area contributed by atoms with Crippen LogP contribution in [0.25, 0.3) is 0 Å². The van der Waals surface area contributed by atoms with E-state index in [2.05, 4.69) is 52.2 Å². The highest BCUT2D eigenvalue weighted by atomic mass is 16.7. The average molecular weight is 957 g/mol. The van der Waals surface area contributed by atoms with Gasteiger partial charge < -0.3 is 44.9 Å². The molecule has 5 N–H and O–H groups in total. The van der Waals surface area contributed by atoms with Crippen LogP contribution in [0.4, 0.5) is 0 Å². The van der Waals surface area contributed by atoms with E-state index in [9.17, 15) is 34.5 Å². The van der Waals surface area contributed by atoms with Crippen LogP contribution in [0.15, 0.2) is 11.6 Å². The summed E-state index contributed by atoms with van der Waals surface area (Å²) in [4.78, 5) is 69.4. The number of ketones is 1. The van der Waals surface area contributed by atoms with Gasteiger partial charge >= 0.3 is 11.9 Å². The average Bonchev–Trinajstić information content (AvgIpc) is 3.26. The predicted molar refractivity (Wildman–Crippen MR) is 256 cm³/mol. The molecule has 1 heterocycles. The van der Waals surface area contributed by atoms with E-state index in [1.165, 1.54) is 5.57 Å². The molecule has 0 spiro atoms. The van der Waals surface area contributed by atoms with Crippen molar-refractivity contribution in [3.63, 3.8) is 0 Å². The number of carbonyl (C=O) groups is 5. The third kappa shape index (κ3) is 9.61. The maximum Gasteiger partial charge on any atom is 0.328 e. The molecule has 14 nitrogen and oxygen atoms in total. The van der Waals surface area contributed by atoms with E-state index >= 15 is 4.79 Å². The van der Waals surface area contributed by atoms with E-state index in [-0.39, 0.29) is 64.1 Å². The SMILES string of the molecule is CCCCOC(=O)[C@@H](NC(=O)[C@@]1(C)CC[C@]2(C)CC[C@]3(C)C(=CC(=O)C4[C@@]5(C)CCC(OC6O[C@H](C(=O)N[C@@H](C(=O)OCCCC)C(C)C)[C@@H](O)[C@H](O)[C@H]6O)C(C)(C)C5CC[C@]43C)C2C1)C(C)C. The van der Waals surface area contributed by atoms with Crippen LogP contribution in [-0.2, 0) is 42.9 Å². The molecule has 4 saturated carbocycles. The third-order valence-electron chi connectivity index (χ3n) is 19.1. The Kier molecular flexibility index (Phi) is 16.2. The molecular weight excluding hydrogens is 869 g/mol. The van der Waals surface area contributed by atoms with Crippen LogP contribution in [-0.4, -0.2) is 107 Å². The fraction of sp³-hybridized carbons (Fsp3) is 0.870. The van der Waals surface area contributed by atoms with Gasteiger partial charge in [0.05, 0.1) is 19.3 Å². The number of rotatable bonds is 16. The molecule has 0 radical (unpaired) electrons. The first-order valence-corrected chi connectivity index (χ1v) is 26.2. The number of unbranched alkanes of at least 4 members (excludes halogenated alkanes) is 2. The van der Waals surface area contributed by atoms with E-state index in [4.69, 9.17) is 18.9 Å². The molecule has 0 bridgehead atoms. The summed E-state index contributed by atoms with van der Waals surface area (Å²) in [5.74, 6) is -2.54. The molecule has 5 fully saturated rings. The van der Waals surface area contributed by atoms with E-state index in [1.807, 2.05) is 40.7 Å². The van der Waals surface area contributed by atoms with Gasteiger partial charge in [0.1, 0.15) is 30.4 Å².